The van der Waals surface area contributed by atoms with Gasteiger partial charge >= 0.3 is 0 Å². The fourth-order valence-electron chi connectivity index (χ4n) is 4.04. The SMILES string of the molecule is COc1ccc2c(c1)=NC1=C3C=CC4C=CC=CC4N3CCC=21. The quantitative estimate of drug-likeness (QED) is 0.793. The fraction of sp³-hybridized carbons (Fsp3) is 0.250. The summed E-state index contributed by atoms with van der Waals surface area (Å²) in [5.74, 6) is 1.35. The highest BCUT2D eigenvalue weighted by molar-refractivity contribution is 5.70. The van der Waals surface area contributed by atoms with Gasteiger partial charge < -0.3 is 9.64 Å². The molecule has 1 aliphatic carbocycles. The van der Waals surface area contributed by atoms with Gasteiger partial charge in [-0.3, -0.25) is 0 Å². The maximum absolute atomic E-state index is 5.34. The van der Waals surface area contributed by atoms with E-state index in [0.29, 0.717) is 12.0 Å². The second kappa shape index (κ2) is 4.72. The Morgan fingerprint density at radius 2 is 2.09 bits per heavy atom. The number of benzene rings is 1. The topological polar surface area (TPSA) is 24.8 Å². The van der Waals surface area contributed by atoms with Gasteiger partial charge in [0.25, 0.3) is 0 Å². The Balaban J connectivity index is 1.71. The Morgan fingerprint density at radius 1 is 1.17 bits per heavy atom. The van der Waals surface area contributed by atoms with E-state index in [2.05, 4.69) is 47.4 Å². The van der Waals surface area contributed by atoms with Crippen molar-refractivity contribution in [1.29, 1.82) is 0 Å². The maximum Gasteiger partial charge on any atom is 0.121 e. The zero-order chi connectivity index (χ0) is 15.4. The molecule has 5 rings (SSSR count). The molecule has 3 aliphatic heterocycles. The summed E-state index contributed by atoms with van der Waals surface area (Å²) >= 11 is 0. The first-order valence-corrected chi connectivity index (χ1v) is 8.15. The van der Waals surface area contributed by atoms with Gasteiger partial charge in [-0.25, -0.2) is 4.99 Å². The lowest BCUT2D eigenvalue weighted by Gasteiger charge is -2.42. The lowest BCUT2D eigenvalue weighted by atomic mass is 9.86. The minimum Gasteiger partial charge on any atom is -0.497 e. The molecule has 0 radical (unpaired) electrons. The number of allylic oxidation sites excluding steroid dienone is 4. The number of hydrogen-bond donors (Lipinski definition) is 0. The van der Waals surface area contributed by atoms with Crippen LogP contribution in [0.1, 0.15) is 6.42 Å². The molecule has 0 spiro atoms. The normalized spacial score (nSPS) is 26.5. The van der Waals surface area contributed by atoms with Crippen molar-refractivity contribution in [2.24, 2.45) is 10.9 Å². The molecule has 4 aliphatic rings. The van der Waals surface area contributed by atoms with Crippen LogP contribution in [0, 0.1) is 5.92 Å². The fourth-order valence-corrected chi connectivity index (χ4v) is 4.04. The molecular formula is C20H18N2O. The van der Waals surface area contributed by atoms with Crippen LogP contribution in [0.15, 0.2) is 71.0 Å². The number of nitrogens with zero attached hydrogens (tertiary/aromatic N) is 2. The van der Waals surface area contributed by atoms with Crippen LogP contribution in [0.25, 0.3) is 5.57 Å². The van der Waals surface area contributed by atoms with Crippen molar-refractivity contribution in [3.8, 4) is 5.75 Å². The van der Waals surface area contributed by atoms with Gasteiger partial charge in [0, 0.05) is 23.7 Å². The average molecular weight is 302 g/mol. The smallest absolute Gasteiger partial charge is 0.121 e. The van der Waals surface area contributed by atoms with Gasteiger partial charge in [0.05, 0.1) is 29.9 Å². The first-order valence-electron chi connectivity index (χ1n) is 8.15. The molecule has 23 heavy (non-hydrogen) atoms. The van der Waals surface area contributed by atoms with E-state index in [1.54, 1.807) is 7.11 Å². The van der Waals surface area contributed by atoms with Crippen LogP contribution in [0.2, 0.25) is 0 Å². The van der Waals surface area contributed by atoms with Gasteiger partial charge in [0.15, 0.2) is 0 Å². The standard InChI is InChI=1S/C20H18N2O/c1-23-14-7-8-15-16-10-11-22-18-5-3-2-4-13(18)6-9-19(22)20(16)21-17(15)12-14/h2-9,12-13,18H,10-11H2,1H3. The van der Waals surface area contributed by atoms with E-state index in [1.807, 2.05) is 12.1 Å². The molecule has 0 saturated heterocycles. The summed E-state index contributed by atoms with van der Waals surface area (Å²) < 4.78 is 5.34. The van der Waals surface area contributed by atoms with Gasteiger partial charge in [-0.2, -0.15) is 0 Å². The summed E-state index contributed by atoms with van der Waals surface area (Å²) in [6, 6.07) is 6.65. The first kappa shape index (κ1) is 12.9. The molecule has 3 nitrogen and oxygen atoms in total. The van der Waals surface area contributed by atoms with Gasteiger partial charge in [-0.15, -0.1) is 0 Å². The van der Waals surface area contributed by atoms with Crippen LogP contribution in [-0.2, 0) is 0 Å². The molecule has 1 aromatic carbocycles. The number of ether oxygens (including phenoxy) is 1. The van der Waals surface area contributed by atoms with E-state index >= 15 is 0 Å². The van der Waals surface area contributed by atoms with Crippen molar-refractivity contribution >= 4 is 5.57 Å². The predicted molar refractivity (Wildman–Crippen MR) is 90.2 cm³/mol. The second-order valence-electron chi connectivity index (χ2n) is 6.35. The molecule has 0 fully saturated rings. The Morgan fingerprint density at radius 3 is 3.00 bits per heavy atom. The highest BCUT2D eigenvalue weighted by atomic mass is 16.5. The minimum absolute atomic E-state index is 0.433. The second-order valence-corrected chi connectivity index (χ2v) is 6.35. The molecule has 1 aromatic rings. The van der Waals surface area contributed by atoms with E-state index in [4.69, 9.17) is 9.73 Å². The molecule has 0 amide bonds. The summed E-state index contributed by atoms with van der Waals surface area (Å²) in [5, 5.41) is 2.31. The highest BCUT2D eigenvalue weighted by Crippen LogP contribution is 2.37. The van der Waals surface area contributed by atoms with Crippen molar-refractivity contribution in [2.75, 3.05) is 13.7 Å². The van der Waals surface area contributed by atoms with Crippen molar-refractivity contribution < 1.29 is 4.74 Å². The number of fused-ring (bicyclic) bond motifs is 5. The zero-order valence-electron chi connectivity index (χ0n) is 13.1. The molecule has 3 heterocycles. The Labute approximate surface area is 135 Å². The molecule has 114 valence electrons. The molecule has 2 atom stereocenters. The zero-order valence-corrected chi connectivity index (χ0v) is 13.1. The molecule has 2 unspecified atom stereocenters. The average Bonchev–Trinajstić information content (AvgIpc) is 2.99. The third-order valence-electron chi connectivity index (χ3n) is 5.19. The summed E-state index contributed by atoms with van der Waals surface area (Å²) in [7, 11) is 1.70. The molecule has 0 bridgehead atoms. The highest BCUT2D eigenvalue weighted by Gasteiger charge is 2.34. The minimum atomic E-state index is 0.433. The summed E-state index contributed by atoms with van der Waals surface area (Å²) in [5.41, 5.74) is 3.80. The third-order valence-corrected chi connectivity index (χ3v) is 5.19. The van der Waals surface area contributed by atoms with E-state index in [9.17, 15) is 0 Å². The monoisotopic (exact) mass is 302 g/mol. The van der Waals surface area contributed by atoms with Crippen LogP contribution in [0.3, 0.4) is 0 Å². The Hall–Kier alpha value is -2.55. The van der Waals surface area contributed by atoms with Crippen molar-refractivity contribution in [2.45, 2.75) is 12.5 Å². The Bertz CT molecular complexity index is 933. The first-order chi connectivity index (χ1) is 11.3. The lowest BCUT2D eigenvalue weighted by Crippen LogP contribution is -2.43. The van der Waals surface area contributed by atoms with E-state index in [-0.39, 0.29) is 0 Å². The number of rotatable bonds is 1. The lowest BCUT2D eigenvalue weighted by molar-refractivity contribution is 0.259. The van der Waals surface area contributed by atoms with E-state index in [1.165, 1.54) is 16.5 Å². The van der Waals surface area contributed by atoms with Crippen molar-refractivity contribution in [3.63, 3.8) is 0 Å². The van der Waals surface area contributed by atoms with Crippen LogP contribution in [-0.4, -0.2) is 24.6 Å². The van der Waals surface area contributed by atoms with Gasteiger partial charge in [-0.05, 0) is 30.2 Å². The molecule has 0 N–H and O–H groups in total. The largest absolute Gasteiger partial charge is 0.497 e. The maximum atomic E-state index is 5.34. The van der Waals surface area contributed by atoms with Gasteiger partial charge in [-0.1, -0.05) is 30.4 Å². The van der Waals surface area contributed by atoms with Crippen LogP contribution in [0.5, 0.6) is 5.75 Å². The van der Waals surface area contributed by atoms with Crippen LogP contribution >= 0.6 is 0 Å². The summed E-state index contributed by atoms with van der Waals surface area (Å²) in [6.07, 6.45) is 14.5. The third kappa shape index (κ3) is 1.79. The van der Waals surface area contributed by atoms with Crippen LogP contribution < -0.4 is 15.3 Å². The van der Waals surface area contributed by atoms with Gasteiger partial charge in [0.2, 0.25) is 0 Å². The predicted octanol–water partition coefficient (Wildman–Crippen LogP) is 2.08. The molecule has 3 heteroatoms. The molecule has 0 aromatic heterocycles. The van der Waals surface area contributed by atoms with E-state index < -0.39 is 0 Å². The Kier molecular flexibility index (Phi) is 2.66. The number of methoxy groups -OCH3 is 1. The summed E-state index contributed by atoms with van der Waals surface area (Å²) in [6.45, 7) is 1.05. The molecular weight excluding hydrogens is 284 g/mol. The van der Waals surface area contributed by atoms with Crippen molar-refractivity contribution in [1.82, 2.24) is 4.90 Å². The van der Waals surface area contributed by atoms with E-state index in [0.717, 1.165) is 29.8 Å². The van der Waals surface area contributed by atoms with Gasteiger partial charge in [0.1, 0.15) is 5.75 Å². The van der Waals surface area contributed by atoms with Crippen LogP contribution in [0.4, 0.5) is 0 Å². The number of hydrogen-bond acceptors (Lipinski definition) is 3. The van der Waals surface area contributed by atoms with Crippen molar-refractivity contribution in [3.05, 3.63) is 76.6 Å². The summed E-state index contributed by atoms with van der Waals surface area (Å²) in [4.78, 5) is 7.44. The molecule has 0 saturated carbocycles.